The number of hydrogen-bond acceptors (Lipinski definition) is 3. The molecule has 0 bridgehead atoms. The van der Waals surface area contributed by atoms with Crippen LogP contribution in [-0.4, -0.2) is 45.4 Å². The standard InChI is InChI=1S/C16H22N4O2/c21-15-7-12(9-20(15)8-11-1-2-11)16(22)18-13-3-4-14-17-5-6-19(14)10-13/h5-6,11-13H,1-4,7-10H2,(H,18,22)/t12-,13+/m0/s1. The Labute approximate surface area is 129 Å². The summed E-state index contributed by atoms with van der Waals surface area (Å²) >= 11 is 0. The van der Waals surface area contributed by atoms with E-state index in [2.05, 4.69) is 14.9 Å². The third kappa shape index (κ3) is 2.74. The number of aryl methyl sites for hydroxylation is 1. The number of likely N-dealkylation sites (tertiary alicyclic amines) is 1. The van der Waals surface area contributed by atoms with E-state index < -0.39 is 0 Å². The van der Waals surface area contributed by atoms with Crippen LogP contribution in [0.5, 0.6) is 0 Å². The molecule has 3 aliphatic rings. The van der Waals surface area contributed by atoms with E-state index >= 15 is 0 Å². The minimum atomic E-state index is -0.171. The molecule has 3 heterocycles. The van der Waals surface area contributed by atoms with E-state index in [1.54, 1.807) is 0 Å². The summed E-state index contributed by atoms with van der Waals surface area (Å²) in [7, 11) is 0. The van der Waals surface area contributed by atoms with Gasteiger partial charge >= 0.3 is 0 Å². The summed E-state index contributed by atoms with van der Waals surface area (Å²) in [5.41, 5.74) is 0. The normalized spacial score (nSPS) is 27.8. The van der Waals surface area contributed by atoms with Gasteiger partial charge in [-0.3, -0.25) is 9.59 Å². The largest absolute Gasteiger partial charge is 0.351 e. The molecule has 118 valence electrons. The molecule has 6 heteroatoms. The van der Waals surface area contributed by atoms with Crippen LogP contribution in [0.4, 0.5) is 0 Å². The first kappa shape index (κ1) is 13.8. The van der Waals surface area contributed by atoms with Gasteiger partial charge in [0, 0.05) is 50.9 Å². The first-order valence-electron chi connectivity index (χ1n) is 8.27. The Bertz CT molecular complexity index is 593. The van der Waals surface area contributed by atoms with Crippen LogP contribution in [0.15, 0.2) is 12.4 Å². The minimum Gasteiger partial charge on any atom is -0.351 e. The number of amides is 2. The van der Waals surface area contributed by atoms with Gasteiger partial charge in [0.1, 0.15) is 5.82 Å². The third-order valence-corrected chi connectivity index (χ3v) is 5.04. The van der Waals surface area contributed by atoms with Crippen molar-refractivity contribution < 1.29 is 9.59 Å². The lowest BCUT2D eigenvalue weighted by molar-refractivity contribution is -0.129. The molecule has 0 aromatic carbocycles. The van der Waals surface area contributed by atoms with Crippen LogP contribution in [0.1, 0.15) is 31.5 Å². The number of fused-ring (bicyclic) bond motifs is 1. The van der Waals surface area contributed by atoms with Crippen molar-refractivity contribution in [2.24, 2.45) is 11.8 Å². The molecule has 1 N–H and O–H groups in total. The lowest BCUT2D eigenvalue weighted by Crippen LogP contribution is -2.44. The number of nitrogens with one attached hydrogen (secondary N) is 1. The zero-order chi connectivity index (χ0) is 15.1. The van der Waals surface area contributed by atoms with Crippen molar-refractivity contribution in [2.45, 2.75) is 44.7 Å². The van der Waals surface area contributed by atoms with Gasteiger partial charge in [-0.15, -0.1) is 0 Å². The second-order valence-corrected chi connectivity index (χ2v) is 6.88. The fraction of sp³-hybridized carbons (Fsp3) is 0.688. The Morgan fingerprint density at radius 2 is 2.18 bits per heavy atom. The smallest absolute Gasteiger partial charge is 0.225 e. The van der Waals surface area contributed by atoms with Gasteiger partial charge in [-0.2, -0.15) is 0 Å². The van der Waals surface area contributed by atoms with Gasteiger partial charge in [0.2, 0.25) is 11.8 Å². The summed E-state index contributed by atoms with van der Waals surface area (Å²) < 4.78 is 2.10. The molecule has 1 aromatic heterocycles. The van der Waals surface area contributed by atoms with Gasteiger partial charge in [0.25, 0.3) is 0 Å². The summed E-state index contributed by atoms with van der Waals surface area (Å²) in [6, 6.07) is 0.154. The molecule has 0 radical (unpaired) electrons. The highest BCUT2D eigenvalue weighted by Crippen LogP contribution is 2.32. The zero-order valence-electron chi connectivity index (χ0n) is 12.7. The van der Waals surface area contributed by atoms with Crippen LogP contribution < -0.4 is 5.32 Å². The van der Waals surface area contributed by atoms with E-state index in [0.717, 1.165) is 31.8 Å². The molecule has 22 heavy (non-hydrogen) atoms. The Balaban J connectivity index is 1.32. The number of carbonyl (C=O) groups is 2. The maximum atomic E-state index is 12.4. The fourth-order valence-electron chi connectivity index (χ4n) is 3.54. The van der Waals surface area contributed by atoms with Gasteiger partial charge in [0.05, 0.1) is 5.92 Å². The first-order valence-corrected chi connectivity index (χ1v) is 8.27. The third-order valence-electron chi connectivity index (χ3n) is 5.04. The molecule has 1 aromatic rings. The predicted molar refractivity (Wildman–Crippen MR) is 79.9 cm³/mol. The van der Waals surface area contributed by atoms with Crippen molar-refractivity contribution in [1.82, 2.24) is 19.8 Å². The van der Waals surface area contributed by atoms with Crippen LogP contribution in [-0.2, 0) is 22.6 Å². The molecule has 1 aliphatic carbocycles. The molecule has 1 saturated heterocycles. The van der Waals surface area contributed by atoms with Gasteiger partial charge in [-0.25, -0.2) is 4.98 Å². The lowest BCUT2D eigenvalue weighted by atomic mass is 10.0. The molecule has 2 amide bonds. The molecule has 2 aliphatic heterocycles. The van der Waals surface area contributed by atoms with Crippen LogP contribution in [0.2, 0.25) is 0 Å². The highest BCUT2D eigenvalue weighted by molar-refractivity contribution is 5.89. The molecule has 2 atom stereocenters. The SMILES string of the molecule is O=C(N[C@@H]1CCc2nccn2C1)[C@H]1CC(=O)N(CC2CC2)C1. The second-order valence-electron chi connectivity index (χ2n) is 6.88. The molecular weight excluding hydrogens is 280 g/mol. The van der Waals surface area contributed by atoms with Crippen LogP contribution >= 0.6 is 0 Å². The van der Waals surface area contributed by atoms with E-state index in [-0.39, 0.29) is 23.8 Å². The highest BCUT2D eigenvalue weighted by atomic mass is 16.2. The summed E-state index contributed by atoms with van der Waals surface area (Å²) in [4.78, 5) is 30.6. The van der Waals surface area contributed by atoms with E-state index in [1.807, 2.05) is 17.3 Å². The summed E-state index contributed by atoms with van der Waals surface area (Å²) in [5, 5.41) is 3.14. The summed E-state index contributed by atoms with van der Waals surface area (Å²) in [5.74, 6) is 1.80. The monoisotopic (exact) mass is 302 g/mol. The highest BCUT2D eigenvalue weighted by Gasteiger charge is 2.37. The van der Waals surface area contributed by atoms with Crippen molar-refractivity contribution in [3.8, 4) is 0 Å². The summed E-state index contributed by atoms with van der Waals surface area (Å²) in [6.07, 6.45) is 8.44. The number of hydrogen-bond donors (Lipinski definition) is 1. The first-order chi connectivity index (χ1) is 10.7. The minimum absolute atomic E-state index is 0.0419. The van der Waals surface area contributed by atoms with Crippen molar-refractivity contribution in [2.75, 3.05) is 13.1 Å². The number of imidazole rings is 1. The number of nitrogens with zero attached hydrogens (tertiary/aromatic N) is 3. The second kappa shape index (κ2) is 5.41. The molecular formula is C16H22N4O2. The Morgan fingerprint density at radius 3 is 3.00 bits per heavy atom. The summed E-state index contributed by atoms with van der Waals surface area (Å²) in [6.45, 7) is 2.24. The Morgan fingerprint density at radius 1 is 1.32 bits per heavy atom. The lowest BCUT2D eigenvalue weighted by Gasteiger charge is -2.26. The van der Waals surface area contributed by atoms with Crippen molar-refractivity contribution in [3.05, 3.63) is 18.2 Å². The molecule has 2 fully saturated rings. The molecule has 6 nitrogen and oxygen atoms in total. The topological polar surface area (TPSA) is 67.2 Å². The Hall–Kier alpha value is -1.85. The van der Waals surface area contributed by atoms with Crippen molar-refractivity contribution in [3.63, 3.8) is 0 Å². The van der Waals surface area contributed by atoms with Gasteiger partial charge in [-0.1, -0.05) is 0 Å². The van der Waals surface area contributed by atoms with Crippen LogP contribution in [0, 0.1) is 11.8 Å². The van der Waals surface area contributed by atoms with E-state index in [4.69, 9.17) is 0 Å². The van der Waals surface area contributed by atoms with E-state index in [0.29, 0.717) is 18.9 Å². The molecule has 0 spiro atoms. The molecule has 4 rings (SSSR count). The number of carbonyl (C=O) groups excluding carboxylic acids is 2. The molecule has 1 saturated carbocycles. The quantitative estimate of drug-likeness (QED) is 0.884. The number of rotatable bonds is 4. The van der Waals surface area contributed by atoms with Crippen LogP contribution in [0.25, 0.3) is 0 Å². The van der Waals surface area contributed by atoms with Crippen molar-refractivity contribution >= 4 is 11.8 Å². The average Bonchev–Trinajstić information content (AvgIpc) is 3.06. The Kier molecular flexibility index (Phi) is 3.39. The maximum absolute atomic E-state index is 12.4. The van der Waals surface area contributed by atoms with E-state index in [1.165, 1.54) is 12.8 Å². The maximum Gasteiger partial charge on any atom is 0.225 e. The number of aromatic nitrogens is 2. The molecule has 0 unspecified atom stereocenters. The fourth-order valence-corrected chi connectivity index (χ4v) is 3.54. The van der Waals surface area contributed by atoms with Gasteiger partial charge in [0.15, 0.2) is 0 Å². The van der Waals surface area contributed by atoms with Gasteiger partial charge in [-0.05, 0) is 25.2 Å². The predicted octanol–water partition coefficient (Wildman–Crippen LogP) is 0.573. The average molecular weight is 302 g/mol. The van der Waals surface area contributed by atoms with Crippen molar-refractivity contribution in [1.29, 1.82) is 0 Å². The van der Waals surface area contributed by atoms with E-state index in [9.17, 15) is 9.59 Å². The van der Waals surface area contributed by atoms with Gasteiger partial charge < -0.3 is 14.8 Å². The van der Waals surface area contributed by atoms with Crippen LogP contribution in [0.3, 0.4) is 0 Å². The zero-order valence-corrected chi connectivity index (χ0v) is 12.7.